The van der Waals surface area contributed by atoms with E-state index in [4.69, 9.17) is 0 Å². The number of halogens is 3. The third-order valence-corrected chi connectivity index (χ3v) is 2.96. The summed E-state index contributed by atoms with van der Waals surface area (Å²) in [4.78, 5) is 9.12. The third-order valence-electron chi connectivity index (χ3n) is 2.96. The van der Waals surface area contributed by atoms with Crippen LogP contribution in [-0.2, 0) is 19.1 Å². The first-order valence-corrected chi connectivity index (χ1v) is 5.54. The molecule has 0 unspecified atom stereocenters. The van der Waals surface area contributed by atoms with Crippen molar-refractivity contribution in [3.8, 4) is 0 Å². The van der Waals surface area contributed by atoms with Gasteiger partial charge in [-0.1, -0.05) is 0 Å². The number of rotatable bonds is 1. The second-order valence-corrected chi connectivity index (χ2v) is 4.48. The van der Waals surface area contributed by atoms with Gasteiger partial charge in [0.25, 0.3) is 0 Å². The molecule has 17 heavy (non-hydrogen) atoms. The van der Waals surface area contributed by atoms with Gasteiger partial charge in [0.15, 0.2) is 0 Å². The van der Waals surface area contributed by atoms with Gasteiger partial charge in [-0.3, -0.25) is 4.90 Å². The summed E-state index contributed by atoms with van der Waals surface area (Å²) in [6.45, 7) is 5.37. The molecular formula is C11H14F3N3. The summed E-state index contributed by atoms with van der Waals surface area (Å²) >= 11 is 0. The first-order chi connectivity index (χ1) is 7.88. The molecule has 1 aliphatic rings. The molecule has 0 N–H and O–H groups in total. The predicted molar refractivity (Wildman–Crippen MR) is 56.3 cm³/mol. The van der Waals surface area contributed by atoms with Crippen LogP contribution in [-0.4, -0.2) is 27.5 Å². The number of nitrogens with zero attached hydrogens (tertiary/aromatic N) is 3. The second-order valence-electron chi connectivity index (χ2n) is 4.48. The normalized spacial score (nSPS) is 17.3. The molecule has 0 radical (unpaired) electrons. The van der Waals surface area contributed by atoms with Crippen molar-refractivity contribution in [2.24, 2.45) is 0 Å². The Morgan fingerprint density at radius 2 is 2.06 bits per heavy atom. The molecule has 6 heteroatoms. The fourth-order valence-corrected chi connectivity index (χ4v) is 1.90. The summed E-state index contributed by atoms with van der Waals surface area (Å²) in [5, 5.41) is 0. The Hall–Kier alpha value is -1.17. The van der Waals surface area contributed by atoms with Crippen LogP contribution in [0.1, 0.15) is 30.9 Å². The van der Waals surface area contributed by atoms with Gasteiger partial charge in [0, 0.05) is 25.3 Å². The first kappa shape index (κ1) is 12.3. The van der Waals surface area contributed by atoms with Gasteiger partial charge < -0.3 is 0 Å². The molecule has 0 amide bonds. The van der Waals surface area contributed by atoms with Crippen molar-refractivity contribution in [1.82, 2.24) is 14.9 Å². The number of hydrogen-bond donors (Lipinski definition) is 0. The van der Waals surface area contributed by atoms with Gasteiger partial charge in [-0.15, -0.1) is 0 Å². The van der Waals surface area contributed by atoms with Crippen LogP contribution in [0.5, 0.6) is 0 Å². The summed E-state index contributed by atoms with van der Waals surface area (Å²) in [5.74, 6) is -1.04. The van der Waals surface area contributed by atoms with E-state index in [-0.39, 0.29) is 0 Å². The van der Waals surface area contributed by atoms with E-state index < -0.39 is 12.0 Å². The van der Waals surface area contributed by atoms with Gasteiger partial charge in [0.1, 0.15) is 0 Å². The number of alkyl halides is 3. The number of fused-ring (bicyclic) bond motifs is 1. The molecule has 1 aromatic heterocycles. The van der Waals surface area contributed by atoms with Gasteiger partial charge in [-0.2, -0.15) is 13.2 Å². The zero-order valence-electron chi connectivity index (χ0n) is 9.75. The smallest absolute Gasteiger partial charge is 0.295 e. The van der Waals surface area contributed by atoms with E-state index in [1.54, 1.807) is 0 Å². The van der Waals surface area contributed by atoms with Crippen LogP contribution < -0.4 is 0 Å². The fraction of sp³-hybridized carbons (Fsp3) is 0.636. The lowest BCUT2D eigenvalue weighted by Crippen LogP contribution is -2.36. The summed E-state index contributed by atoms with van der Waals surface area (Å²) < 4.78 is 37.4. The minimum absolute atomic E-state index is 0.312. The Bertz CT molecular complexity index is 415. The molecular weight excluding hydrogens is 231 g/mol. The van der Waals surface area contributed by atoms with Crippen LogP contribution in [0, 0.1) is 0 Å². The van der Waals surface area contributed by atoms with Crippen molar-refractivity contribution in [3.63, 3.8) is 0 Å². The van der Waals surface area contributed by atoms with Crippen LogP contribution in [0.4, 0.5) is 13.2 Å². The standard InChI is InChI=1S/C11H14F3N3/c1-7(2)17-4-3-8-5-15-10(11(12,13)14)16-9(8)6-17/h5,7H,3-4,6H2,1-2H3. The molecule has 0 atom stereocenters. The molecule has 0 spiro atoms. The van der Waals surface area contributed by atoms with E-state index in [1.165, 1.54) is 6.20 Å². The molecule has 0 fully saturated rings. The lowest BCUT2D eigenvalue weighted by Gasteiger charge is -2.31. The molecule has 1 aliphatic heterocycles. The molecule has 0 saturated carbocycles. The molecule has 0 bridgehead atoms. The van der Waals surface area contributed by atoms with Gasteiger partial charge >= 0.3 is 6.18 Å². The molecule has 0 saturated heterocycles. The SMILES string of the molecule is CC(C)N1CCc2cnc(C(F)(F)F)nc2C1. The third kappa shape index (κ3) is 2.57. The molecule has 0 aromatic carbocycles. The van der Waals surface area contributed by atoms with Crippen molar-refractivity contribution in [1.29, 1.82) is 0 Å². The van der Waals surface area contributed by atoms with E-state index in [2.05, 4.69) is 14.9 Å². The zero-order chi connectivity index (χ0) is 12.6. The maximum absolute atomic E-state index is 12.5. The van der Waals surface area contributed by atoms with E-state index in [0.717, 1.165) is 12.1 Å². The highest BCUT2D eigenvalue weighted by Crippen LogP contribution is 2.27. The van der Waals surface area contributed by atoms with Crippen molar-refractivity contribution in [2.45, 2.75) is 39.0 Å². The lowest BCUT2D eigenvalue weighted by molar-refractivity contribution is -0.145. The van der Waals surface area contributed by atoms with E-state index in [9.17, 15) is 13.2 Å². The van der Waals surface area contributed by atoms with Crippen molar-refractivity contribution >= 4 is 0 Å². The van der Waals surface area contributed by atoms with Crippen LogP contribution in [0.25, 0.3) is 0 Å². The van der Waals surface area contributed by atoms with Gasteiger partial charge in [-0.25, -0.2) is 9.97 Å². The van der Waals surface area contributed by atoms with Gasteiger partial charge in [0.2, 0.25) is 5.82 Å². The average Bonchev–Trinajstić information content (AvgIpc) is 2.26. The molecule has 2 heterocycles. The highest BCUT2D eigenvalue weighted by molar-refractivity contribution is 5.21. The molecule has 0 aliphatic carbocycles. The van der Waals surface area contributed by atoms with Crippen LogP contribution in [0.15, 0.2) is 6.20 Å². The van der Waals surface area contributed by atoms with E-state index in [0.29, 0.717) is 24.7 Å². The first-order valence-electron chi connectivity index (χ1n) is 5.54. The Kier molecular flexibility index (Phi) is 3.07. The Labute approximate surface area is 97.7 Å². The summed E-state index contributed by atoms with van der Waals surface area (Å²) in [6, 6.07) is 0.312. The van der Waals surface area contributed by atoms with E-state index >= 15 is 0 Å². The largest absolute Gasteiger partial charge is 0.451 e. The maximum atomic E-state index is 12.5. The Morgan fingerprint density at radius 1 is 1.35 bits per heavy atom. The zero-order valence-corrected chi connectivity index (χ0v) is 9.75. The van der Waals surface area contributed by atoms with Crippen LogP contribution in [0.2, 0.25) is 0 Å². The van der Waals surface area contributed by atoms with Gasteiger partial charge in [-0.05, 0) is 25.8 Å². The quantitative estimate of drug-likeness (QED) is 0.760. The summed E-state index contributed by atoms with van der Waals surface area (Å²) in [7, 11) is 0. The Balaban J connectivity index is 2.29. The molecule has 3 nitrogen and oxygen atoms in total. The number of hydrogen-bond acceptors (Lipinski definition) is 3. The van der Waals surface area contributed by atoms with Crippen molar-refractivity contribution < 1.29 is 13.2 Å². The lowest BCUT2D eigenvalue weighted by atomic mass is 10.1. The van der Waals surface area contributed by atoms with Crippen LogP contribution in [0.3, 0.4) is 0 Å². The fourth-order valence-electron chi connectivity index (χ4n) is 1.90. The second kappa shape index (κ2) is 4.25. The molecule has 94 valence electrons. The van der Waals surface area contributed by atoms with Crippen LogP contribution >= 0.6 is 0 Å². The van der Waals surface area contributed by atoms with Gasteiger partial charge in [0.05, 0.1) is 5.69 Å². The predicted octanol–water partition coefficient (Wildman–Crippen LogP) is 2.26. The monoisotopic (exact) mass is 245 g/mol. The highest BCUT2D eigenvalue weighted by Gasteiger charge is 2.35. The minimum Gasteiger partial charge on any atom is -0.295 e. The minimum atomic E-state index is -4.46. The highest BCUT2D eigenvalue weighted by atomic mass is 19.4. The van der Waals surface area contributed by atoms with Crippen molar-refractivity contribution in [3.05, 3.63) is 23.3 Å². The number of aromatic nitrogens is 2. The van der Waals surface area contributed by atoms with E-state index in [1.807, 2.05) is 13.8 Å². The Morgan fingerprint density at radius 3 is 2.65 bits per heavy atom. The molecule has 1 aromatic rings. The summed E-state index contributed by atoms with van der Waals surface area (Å²) in [6.07, 6.45) is -2.44. The average molecular weight is 245 g/mol. The van der Waals surface area contributed by atoms with Crippen molar-refractivity contribution in [2.75, 3.05) is 6.54 Å². The maximum Gasteiger partial charge on any atom is 0.451 e. The summed E-state index contributed by atoms with van der Waals surface area (Å²) in [5.41, 5.74) is 1.34. The molecule has 2 rings (SSSR count). The topological polar surface area (TPSA) is 29.0 Å².